The van der Waals surface area contributed by atoms with Crippen molar-refractivity contribution < 1.29 is 8.83 Å². The van der Waals surface area contributed by atoms with Gasteiger partial charge >= 0.3 is 0 Å². The number of fused-ring (bicyclic) bond motifs is 6. The molecule has 0 aliphatic carbocycles. The zero-order valence-electron chi connectivity index (χ0n) is 38.9. The number of furan rings is 2. The van der Waals surface area contributed by atoms with Gasteiger partial charge in [-0.1, -0.05) is 152 Å². The predicted octanol–water partition coefficient (Wildman–Crippen LogP) is 15.1. The molecule has 0 unspecified atom stereocenters. The van der Waals surface area contributed by atoms with E-state index in [0.29, 0.717) is 23.7 Å². The Morgan fingerprint density at radius 2 is 0.984 bits per heavy atom. The monoisotopic (exact) mass is 846 g/mol. The lowest BCUT2D eigenvalue weighted by Gasteiger charge is -2.28. The summed E-state index contributed by atoms with van der Waals surface area (Å²) in [7, 11) is 0. The normalized spacial score (nSPS) is 13.1. The van der Waals surface area contributed by atoms with Crippen molar-refractivity contribution in [2.75, 3.05) is 18.0 Å². The molecule has 0 spiro atoms. The van der Waals surface area contributed by atoms with E-state index in [4.69, 9.17) is 18.8 Å². The molecule has 0 amide bonds. The number of aromatic nitrogens is 2. The number of para-hydroxylation sites is 2. The van der Waals surface area contributed by atoms with E-state index in [1.807, 2.05) is 18.3 Å². The van der Waals surface area contributed by atoms with E-state index < -0.39 is 0 Å². The highest BCUT2D eigenvalue weighted by Crippen LogP contribution is 2.43. The van der Waals surface area contributed by atoms with Gasteiger partial charge in [0, 0.05) is 62.7 Å². The van der Waals surface area contributed by atoms with Crippen LogP contribution in [0.15, 0.2) is 148 Å². The van der Waals surface area contributed by atoms with E-state index in [0.717, 1.165) is 78.3 Å². The summed E-state index contributed by atoms with van der Waals surface area (Å²) in [6.45, 7) is 20.1. The highest BCUT2D eigenvalue weighted by Gasteiger charge is 2.29. The van der Waals surface area contributed by atoms with E-state index >= 15 is 0 Å². The minimum Gasteiger partial charge on any atom is -0.456 e. The van der Waals surface area contributed by atoms with Crippen molar-refractivity contribution in [3.05, 3.63) is 162 Å². The van der Waals surface area contributed by atoms with Crippen LogP contribution in [-0.4, -0.2) is 28.5 Å². The van der Waals surface area contributed by atoms with Crippen LogP contribution < -0.4 is 4.90 Å². The maximum atomic E-state index is 6.52. The highest BCUT2D eigenvalue weighted by atomic mass is 16.3. The number of imidazole rings is 1. The molecule has 9 aromatic rings. The van der Waals surface area contributed by atoms with E-state index in [1.165, 1.54) is 60.7 Å². The van der Waals surface area contributed by atoms with Crippen LogP contribution in [0.3, 0.4) is 0 Å². The molecular formula is C58H62N4O2. The Balaban J connectivity index is 0.000000162. The van der Waals surface area contributed by atoms with Gasteiger partial charge in [0.2, 0.25) is 0 Å². The third-order valence-electron chi connectivity index (χ3n) is 12.2. The average molecular weight is 847 g/mol. The molecule has 4 heterocycles. The SMILES string of the molecule is CC(C)Cc1cc2c(oc3ccccc32)c(CC(C)C)c1-n1ccnc1-c1ccccc1.CC(C)Cc1cc2c(oc3ccccc32)c(CC(C)C)c1N1CCN=C1c1ccccc1. The number of anilines is 1. The topological polar surface area (TPSA) is 59.7 Å². The number of aliphatic imine (C=N–C) groups is 1. The molecule has 0 fully saturated rings. The average Bonchev–Trinajstić information content (AvgIpc) is 4.10. The second-order valence-electron chi connectivity index (χ2n) is 19.3. The molecule has 0 saturated carbocycles. The number of nitrogens with zero attached hydrogens (tertiary/aromatic N) is 4. The molecule has 0 saturated heterocycles. The van der Waals surface area contributed by atoms with Crippen molar-refractivity contribution in [1.82, 2.24) is 9.55 Å². The fourth-order valence-electron chi connectivity index (χ4n) is 9.76. The summed E-state index contributed by atoms with van der Waals surface area (Å²) in [4.78, 5) is 12.2. The molecule has 0 atom stereocenters. The third-order valence-corrected chi connectivity index (χ3v) is 12.2. The lowest BCUT2D eigenvalue weighted by molar-refractivity contribution is 0.615. The zero-order chi connectivity index (χ0) is 44.5. The predicted molar refractivity (Wildman–Crippen MR) is 269 cm³/mol. The lowest BCUT2D eigenvalue weighted by atomic mass is 9.91. The second kappa shape index (κ2) is 18.4. The van der Waals surface area contributed by atoms with Gasteiger partial charge in [-0.3, -0.25) is 9.56 Å². The summed E-state index contributed by atoms with van der Waals surface area (Å²) in [6.07, 6.45) is 7.97. The molecule has 6 heteroatoms. The number of amidine groups is 1. The van der Waals surface area contributed by atoms with Crippen LogP contribution in [0.25, 0.3) is 61.0 Å². The molecule has 1 aliphatic heterocycles. The molecule has 326 valence electrons. The maximum Gasteiger partial charge on any atom is 0.144 e. The fourth-order valence-corrected chi connectivity index (χ4v) is 9.76. The first kappa shape index (κ1) is 42.9. The van der Waals surface area contributed by atoms with Gasteiger partial charge in [0.15, 0.2) is 0 Å². The second-order valence-corrected chi connectivity index (χ2v) is 19.3. The van der Waals surface area contributed by atoms with Crippen LogP contribution in [0.5, 0.6) is 0 Å². The van der Waals surface area contributed by atoms with Crippen LogP contribution >= 0.6 is 0 Å². The van der Waals surface area contributed by atoms with Crippen LogP contribution in [0.1, 0.15) is 83.2 Å². The van der Waals surface area contributed by atoms with Crippen LogP contribution in [-0.2, 0) is 25.7 Å². The minimum atomic E-state index is 0.503. The van der Waals surface area contributed by atoms with Crippen LogP contribution in [0.4, 0.5) is 5.69 Å². The summed E-state index contributed by atoms with van der Waals surface area (Å²) < 4.78 is 15.3. The van der Waals surface area contributed by atoms with Gasteiger partial charge in [-0.2, -0.15) is 0 Å². The summed E-state index contributed by atoms with van der Waals surface area (Å²) in [5.74, 6) is 4.19. The smallest absolute Gasteiger partial charge is 0.144 e. The van der Waals surface area contributed by atoms with Gasteiger partial charge in [-0.15, -0.1) is 0 Å². The van der Waals surface area contributed by atoms with Crippen molar-refractivity contribution in [2.45, 2.75) is 81.1 Å². The number of rotatable bonds is 12. The number of benzene rings is 6. The van der Waals surface area contributed by atoms with Gasteiger partial charge in [0.1, 0.15) is 34.0 Å². The molecule has 6 nitrogen and oxygen atoms in total. The Labute approximate surface area is 378 Å². The van der Waals surface area contributed by atoms with E-state index in [-0.39, 0.29) is 0 Å². The standard InChI is InChI=1S/C29H32N2O.C29H30N2O/c2*1-19(2)16-22-18-24-23-12-8-9-13-26(23)32-28(24)25(17-20(3)4)27(22)31-15-14-30-29(31)21-10-6-5-7-11-21/h5-13,18-20H,14-17H2,1-4H3;5-15,18-20H,16-17H2,1-4H3. The van der Waals surface area contributed by atoms with Crippen molar-refractivity contribution in [2.24, 2.45) is 28.7 Å². The first-order chi connectivity index (χ1) is 31.0. The molecule has 0 N–H and O–H groups in total. The summed E-state index contributed by atoms with van der Waals surface area (Å²) in [5.41, 5.74) is 14.2. The lowest BCUT2D eigenvalue weighted by Crippen LogP contribution is -2.30. The van der Waals surface area contributed by atoms with Gasteiger partial charge in [0.25, 0.3) is 0 Å². The summed E-state index contributed by atoms with van der Waals surface area (Å²) in [5, 5.41) is 4.87. The molecule has 64 heavy (non-hydrogen) atoms. The fraction of sp³-hybridized carbons (Fsp3) is 0.310. The molecule has 1 aliphatic rings. The number of hydrogen-bond acceptors (Lipinski definition) is 5. The molecule has 10 rings (SSSR count). The Morgan fingerprint density at radius 3 is 1.52 bits per heavy atom. The molecular weight excluding hydrogens is 785 g/mol. The van der Waals surface area contributed by atoms with E-state index in [9.17, 15) is 0 Å². The quantitative estimate of drug-likeness (QED) is 0.123. The van der Waals surface area contributed by atoms with Crippen LogP contribution in [0, 0.1) is 23.7 Å². The molecule has 0 radical (unpaired) electrons. The van der Waals surface area contributed by atoms with Gasteiger partial charge < -0.3 is 13.7 Å². The Bertz CT molecular complexity index is 3070. The van der Waals surface area contributed by atoms with Crippen molar-refractivity contribution in [1.29, 1.82) is 0 Å². The van der Waals surface area contributed by atoms with Crippen molar-refractivity contribution in [3.63, 3.8) is 0 Å². The molecule has 0 bridgehead atoms. The zero-order valence-corrected chi connectivity index (χ0v) is 38.9. The Hall–Kier alpha value is -6.40. The molecule has 6 aromatic carbocycles. The van der Waals surface area contributed by atoms with Gasteiger partial charge in [-0.05, 0) is 84.7 Å². The van der Waals surface area contributed by atoms with Crippen LogP contribution in [0.2, 0.25) is 0 Å². The largest absolute Gasteiger partial charge is 0.456 e. The van der Waals surface area contributed by atoms with Crippen molar-refractivity contribution >= 4 is 55.4 Å². The molecule has 3 aromatic heterocycles. The first-order valence-electron chi connectivity index (χ1n) is 23.4. The first-order valence-corrected chi connectivity index (χ1v) is 23.4. The Morgan fingerprint density at radius 1 is 0.516 bits per heavy atom. The highest BCUT2D eigenvalue weighted by molar-refractivity contribution is 6.14. The van der Waals surface area contributed by atoms with Crippen molar-refractivity contribution in [3.8, 4) is 17.1 Å². The number of hydrogen-bond donors (Lipinski definition) is 0. The summed E-state index contributed by atoms with van der Waals surface area (Å²) >= 11 is 0. The van der Waals surface area contributed by atoms with E-state index in [1.54, 1.807) is 0 Å². The van der Waals surface area contributed by atoms with E-state index in [2.05, 4.69) is 180 Å². The van der Waals surface area contributed by atoms with Gasteiger partial charge in [0.05, 0.1) is 17.9 Å². The maximum absolute atomic E-state index is 6.52. The Kier molecular flexibility index (Phi) is 12.3. The minimum absolute atomic E-state index is 0.503. The summed E-state index contributed by atoms with van der Waals surface area (Å²) in [6, 6.07) is 42.6. The van der Waals surface area contributed by atoms with Gasteiger partial charge in [-0.25, -0.2) is 4.98 Å². The third kappa shape index (κ3) is 8.51.